The molecule has 0 saturated heterocycles. The molecule has 4 heteroatoms. The highest BCUT2D eigenvalue weighted by atomic mass is 32.2. The maximum absolute atomic E-state index is 4.12. The molecule has 0 spiro atoms. The molecule has 0 bridgehead atoms. The Kier molecular flexibility index (Phi) is 2.77. The van der Waals surface area contributed by atoms with Gasteiger partial charge in [0, 0.05) is 12.2 Å². The summed E-state index contributed by atoms with van der Waals surface area (Å²) >= 11 is 1.62. The second-order valence-corrected chi connectivity index (χ2v) is 2.74. The Bertz CT molecular complexity index is 197. The van der Waals surface area contributed by atoms with E-state index < -0.39 is 0 Å². The van der Waals surface area contributed by atoms with Gasteiger partial charge in [-0.15, -0.1) is 0 Å². The van der Waals surface area contributed by atoms with E-state index in [2.05, 4.69) is 15.3 Å². The van der Waals surface area contributed by atoms with Crippen LogP contribution in [0.15, 0.2) is 11.4 Å². The molecule has 0 amide bonds. The zero-order valence-electron chi connectivity index (χ0n) is 6.14. The zero-order valence-corrected chi connectivity index (χ0v) is 6.96. The molecule has 1 rings (SSSR count). The lowest BCUT2D eigenvalue weighted by Gasteiger charge is -1.91. The van der Waals surface area contributed by atoms with Crippen molar-refractivity contribution in [2.24, 2.45) is 0 Å². The Hall–Kier alpha value is -0.480. The maximum atomic E-state index is 4.12. The van der Waals surface area contributed by atoms with Gasteiger partial charge in [-0.05, 0) is 13.3 Å². The predicted molar refractivity (Wildman–Crippen MR) is 43.1 cm³/mol. The third-order valence-corrected chi connectivity index (χ3v) is 1.76. The Morgan fingerprint density at radius 3 is 3.10 bits per heavy atom. The molecular weight excluding hydrogens is 146 g/mol. The molecule has 1 aromatic heterocycles. The number of H-pyrrole nitrogens is 1. The van der Waals surface area contributed by atoms with Crippen molar-refractivity contribution >= 4 is 11.8 Å². The smallest absolute Gasteiger partial charge is 0.165 e. The van der Waals surface area contributed by atoms with Gasteiger partial charge in [0.15, 0.2) is 5.16 Å². The third-order valence-electron chi connectivity index (χ3n) is 1.17. The molecule has 0 aliphatic rings. The van der Waals surface area contributed by atoms with Crippen LogP contribution in [0, 0.1) is 0 Å². The van der Waals surface area contributed by atoms with Crippen molar-refractivity contribution in [2.45, 2.75) is 11.7 Å². The molecule has 2 N–H and O–H groups in total. The Labute approximate surface area is 64.6 Å². The first kappa shape index (κ1) is 7.63. The highest BCUT2D eigenvalue weighted by molar-refractivity contribution is 7.98. The second-order valence-electron chi connectivity index (χ2n) is 1.95. The fraction of sp³-hybridized carbons (Fsp3) is 0.500. The maximum Gasteiger partial charge on any atom is 0.165 e. The molecule has 0 saturated carbocycles. The minimum absolute atomic E-state index is 0.855. The number of nitrogens with zero attached hydrogens (tertiary/aromatic N) is 1. The molecule has 0 aliphatic heterocycles. The van der Waals surface area contributed by atoms with E-state index in [-0.39, 0.29) is 0 Å². The van der Waals surface area contributed by atoms with Crippen LogP contribution in [0.2, 0.25) is 0 Å². The molecule has 3 nitrogen and oxygen atoms in total. The highest BCUT2D eigenvalue weighted by Crippen LogP contribution is 2.08. The van der Waals surface area contributed by atoms with Gasteiger partial charge in [0.2, 0.25) is 0 Å². The van der Waals surface area contributed by atoms with Crippen molar-refractivity contribution in [3.8, 4) is 0 Å². The van der Waals surface area contributed by atoms with E-state index in [1.54, 1.807) is 11.8 Å². The van der Waals surface area contributed by atoms with Crippen molar-refractivity contribution < 1.29 is 0 Å². The number of nitrogens with one attached hydrogen (secondary N) is 2. The number of aromatic amines is 1. The van der Waals surface area contributed by atoms with E-state index in [4.69, 9.17) is 0 Å². The molecule has 0 radical (unpaired) electrons. The normalized spacial score (nSPS) is 10.2. The summed E-state index contributed by atoms with van der Waals surface area (Å²) in [5.41, 5.74) is 1.13. The first-order valence-electron chi connectivity index (χ1n) is 3.09. The van der Waals surface area contributed by atoms with Crippen LogP contribution in [0.5, 0.6) is 0 Å². The first-order valence-corrected chi connectivity index (χ1v) is 4.31. The molecule has 1 heterocycles. The van der Waals surface area contributed by atoms with Crippen LogP contribution in [0.25, 0.3) is 0 Å². The number of hydrogen-bond donors (Lipinski definition) is 2. The van der Waals surface area contributed by atoms with Gasteiger partial charge in [0.1, 0.15) is 0 Å². The molecule has 1 aromatic rings. The minimum Gasteiger partial charge on any atom is -0.336 e. The van der Waals surface area contributed by atoms with E-state index in [0.29, 0.717) is 0 Å². The van der Waals surface area contributed by atoms with E-state index in [9.17, 15) is 0 Å². The summed E-state index contributed by atoms with van der Waals surface area (Å²) in [5.74, 6) is 0. The van der Waals surface area contributed by atoms with Crippen molar-refractivity contribution in [2.75, 3.05) is 13.3 Å². The van der Waals surface area contributed by atoms with Crippen LogP contribution >= 0.6 is 11.8 Å². The summed E-state index contributed by atoms with van der Waals surface area (Å²) in [6.07, 6.45) is 3.85. The standard InChI is InChI=1S/C6H11N3S/c1-7-3-5-4-8-6(9-5)10-2/h4,7H,3H2,1-2H3,(H,8,9). The molecule has 56 valence electrons. The Morgan fingerprint density at radius 1 is 1.80 bits per heavy atom. The third kappa shape index (κ3) is 1.75. The molecule has 0 fully saturated rings. The summed E-state index contributed by atoms with van der Waals surface area (Å²) in [4.78, 5) is 7.27. The van der Waals surface area contributed by atoms with Crippen molar-refractivity contribution in [3.63, 3.8) is 0 Å². The lowest BCUT2D eigenvalue weighted by molar-refractivity contribution is 0.791. The topological polar surface area (TPSA) is 40.7 Å². The number of thioether (sulfide) groups is 1. The van der Waals surface area contributed by atoms with Gasteiger partial charge in [0.25, 0.3) is 0 Å². The average Bonchev–Trinajstić information content (AvgIpc) is 2.37. The van der Waals surface area contributed by atoms with E-state index in [1.165, 1.54) is 0 Å². The molecule has 0 aliphatic carbocycles. The molecular formula is C6H11N3S. The SMILES string of the molecule is CNCc1cnc(SC)[nH]1. The number of imidazole rings is 1. The monoisotopic (exact) mass is 157 g/mol. The largest absolute Gasteiger partial charge is 0.336 e. The molecule has 0 atom stereocenters. The highest BCUT2D eigenvalue weighted by Gasteiger charge is 1.95. The number of rotatable bonds is 3. The summed E-state index contributed by atoms with van der Waals surface area (Å²) < 4.78 is 0. The fourth-order valence-electron chi connectivity index (χ4n) is 0.722. The van der Waals surface area contributed by atoms with Crippen LogP contribution in [-0.2, 0) is 6.54 Å². The van der Waals surface area contributed by atoms with Crippen molar-refractivity contribution in [3.05, 3.63) is 11.9 Å². The molecule has 0 unspecified atom stereocenters. The van der Waals surface area contributed by atoms with Gasteiger partial charge >= 0.3 is 0 Å². The average molecular weight is 157 g/mol. The summed E-state index contributed by atoms with van der Waals surface area (Å²) in [5, 5.41) is 4.02. The summed E-state index contributed by atoms with van der Waals surface area (Å²) in [6.45, 7) is 0.855. The lowest BCUT2D eigenvalue weighted by Crippen LogP contribution is -2.04. The zero-order chi connectivity index (χ0) is 7.40. The number of aromatic nitrogens is 2. The van der Waals surface area contributed by atoms with Crippen LogP contribution in [-0.4, -0.2) is 23.3 Å². The Balaban J connectivity index is 2.59. The van der Waals surface area contributed by atoms with E-state index >= 15 is 0 Å². The van der Waals surface area contributed by atoms with Crippen molar-refractivity contribution in [1.29, 1.82) is 0 Å². The molecule has 0 aromatic carbocycles. The number of hydrogen-bond acceptors (Lipinski definition) is 3. The van der Waals surface area contributed by atoms with Crippen LogP contribution in [0.1, 0.15) is 5.69 Å². The fourth-order valence-corrected chi connectivity index (χ4v) is 1.11. The Morgan fingerprint density at radius 2 is 2.60 bits per heavy atom. The molecule has 10 heavy (non-hydrogen) atoms. The summed E-state index contributed by atoms with van der Waals surface area (Å²) in [6, 6.07) is 0. The van der Waals surface area contributed by atoms with Gasteiger partial charge in [-0.3, -0.25) is 0 Å². The van der Waals surface area contributed by atoms with Crippen LogP contribution in [0.3, 0.4) is 0 Å². The van der Waals surface area contributed by atoms with Crippen LogP contribution in [0.4, 0.5) is 0 Å². The van der Waals surface area contributed by atoms with Gasteiger partial charge in [-0.1, -0.05) is 11.8 Å². The van der Waals surface area contributed by atoms with Gasteiger partial charge in [-0.2, -0.15) is 0 Å². The first-order chi connectivity index (χ1) is 4.86. The second kappa shape index (κ2) is 3.63. The predicted octanol–water partition coefficient (Wildman–Crippen LogP) is 0.851. The van der Waals surface area contributed by atoms with E-state index in [1.807, 2.05) is 19.5 Å². The quantitative estimate of drug-likeness (QED) is 0.639. The minimum atomic E-state index is 0.855. The van der Waals surface area contributed by atoms with Gasteiger partial charge in [-0.25, -0.2) is 4.98 Å². The van der Waals surface area contributed by atoms with Gasteiger partial charge < -0.3 is 10.3 Å². The van der Waals surface area contributed by atoms with Gasteiger partial charge in [0.05, 0.1) is 6.20 Å². The van der Waals surface area contributed by atoms with E-state index in [0.717, 1.165) is 17.4 Å². The van der Waals surface area contributed by atoms with Crippen LogP contribution < -0.4 is 5.32 Å². The summed E-state index contributed by atoms with van der Waals surface area (Å²) in [7, 11) is 1.92. The lowest BCUT2D eigenvalue weighted by atomic mass is 10.5. The van der Waals surface area contributed by atoms with Crippen molar-refractivity contribution in [1.82, 2.24) is 15.3 Å².